The van der Waals surface area contributed by atoms with Crippen molar-refractivity contribution in [1.29, 1.82) is 0 Å². The highest BCUT2D eigenvalue weighted by Crippen LogP contribution is 2.32. The van der Waals surface area contributed by atoms with Crippen LogP contribution in [-0.2, 0) is 4.79 Å². The zero-order chi connectivity index (χ0) is 29.6. The molecule has 5 N–H and O–H groups in total. The highest BCUT2D eigenvalue weighted by molar-refractivity contribution is 7.80. The van der Waals surface area contributed by atoms with Crippen molar-refractivity contribution in [2.24, 2.45) is 17.4 Å². The lowest BCUT2D eigenvalue weighted by Gasteiger charge is -2.18. The first-order valence-corrected chi connectivity index (χ1v) is 14.1. The largest absolute Gasteiger partial charge is 0.389 e. The summed E-state index contributed by atoms with van der Waals surface area (Å²) in [5, 5.41) is 3.41. The summed E-state index contributed by atoms with van der Waals surface area (Å²) in [4.78, 5) is 10.4. The van der Waals surface area contributed by atoms with Gasteiger partial charge in [0.15, 0.2) is 0 Å². The molecule has 1 amide bonds. The molecule has 214 valence electrons. The lowest BCUT2D eigenvalue weighted by molar-refractivity contribution is -0.120. The summed E-state index contributed by atoms with van der Waals surface area (Å²) in [6, 6.07) is 6.20. The summed E-state index contributed by atoms with van der Waals surface area (Å²) in [6.07, 6.45) is 14.4. The highest BCUT2D eigenvalue weighted by Gasteiger charge is 2.12. The number of nitrogens with one attached hydrogen (secondary N) is 1. The maximum atomic E-state index is 10.5. The Morgan fingerprint density at radius 2 is 1.62 bits per heavy atom. The van der Waals surface area contributed by atoms with E-state index >= 15 is 0 Å². The second kappa shape index (κ2) is 31.6. The third kappa shape index (κ3) is 25.0. The Morgan fingerprint density at radius 1 is 1.08 bits per heavy atom. The highest BCUT2D eigenvalue weighted by atomic mass is 32.1. The van der Waals surface area contributed by atoms with Crippen LogP contribution in [0.2, 0.25) is 0 Å². The first-order valence-electron chi connectivity index (χ1n) is 13.7. The SMILES string of the molecule is C/C=C/F.C/C=C\CC.CC.CC.CC(C)C(N)=O.CCNc1ccc(C(N)=S)cc1C1=CCCCC1. The summed E-state index contributed by atoms with van der Waals surface area (Å²) in [5.74, 6) is -0.250. The molecule has 1 aliphatic rings. The van der Waals surface area contributed by atoms with Crippen LogP contribution >= 0.6 is 12.2 Å². The van der Waals surface area contributed by atoms with E-state index in [2.05, 4.69) is 49.5 Å². The minimum atomic E-state index is -0.241. The lowest BCUT2D eigenvalue weighted by Crippen LogP contribution is -2.17. The number of hydrogen-bond donors (Lipinski definition) is 3. The molecule has 4 nitrogen and oxygen atoms in total. The fourth-order valence-electron chi connectivity index (χ4n) is 2.63. The number of primary amides is 1. The molecule has 1 aromatic carbocycles. The average Bonchev–Trinajstić information content (AvgIpc) is 2.93. The molecule has 0 spiro atoms. The van der Waals surface area contributed by atoms with Gasteiger partial charge in [-0.05, 0) is 76.6 Å². The van der Waals surface area contributed by atoms with Crippen LogP contribution in [0.25, 0.3) is 5.57 Å². The van der Waals surface area contributed by atoms with Crippen LogP contribution in [0.4, 0.5) is 10.1 Å². The molecule has 2 rings (SSSR count). The molecule has 0 radical (unpaired) electrons. The zero-order valence-electron chi connectivity index (χ0n) is 25.3. The number of hydrogen-bond acceptors (Lipinski definition) is 3. The van der Waals surface area contributed by atoms with Crippen molar-refractivity contribution in [3.63, 3.8) is 0 Å². The van der Waals surface area contributed by atoms with Gasteiger partial charge in [0.1, 0.15) is 4.99 Å². The Morgan fingerprint density at radius 3 is 1.92 bits per heavy atom. The van der Waals surface area contributed by atoms with Crippen LogP contribution in [0, 0.1) is 5.92 Å². The number of halogens is 1. The number of amides is 1. The quantitative estimate of drug-likeness (QED) is 0.249. The molecule has 0 aliphatic heterocycles. The van der Waals surface area contributed by atoms with Gasteiger partial charge in [-0.3, -0.25) is 4.79 Å². The normalized spacial score (nSPS) is 11.5. The van der Waals surface area contributed by atoms with Gasteiger partial charge >= 0.3 is 0 Å². The summed E-state index contributed by atoms with van der Waals surface area (Å²) in [7, 11) is 0. The minimum Gasteiger partial charge on any atom is -0.389 e. The van der Waals surface area contributed by atoms with Crippen LogP contribution in [0.15, 0.2) is 48.8 Å². The van der Waals surface area contributed by atoms with Crippen LogP contribution in [-0.4, -0.2) is 17.4 Å². The smallest absolute Gasteiger partial charge is 0.219 e. The number of rotatable bonds is 6. The number of nitrogens with two attached hydrogens (primary N) is 2. The van der Waals surface area contributed by atoms with Gasteiger partial charge in [0.2, 0.25) is 5.91 Å². The Bertz CT molecular complexity index is 768. The van der Waals surface area contributed by atoms with Crippen LogP contribution < -0.4 is 16.8 Å². The summed E-state index contributed by atoms with van der Waals surface area (Å²) in [5.41, 5.74) is 15.4. The molecule has 0 heterocycles. The van der Waals surface area contributed by atoms with E-state index in [1.54, 1.807) is 20.8 Å². The molecule has 0 unspecified atom stereocenters. The van der Waals surface area contributed by atoms with Crippen molar-refractivity contribution in [1.82, 2.24) is 0 Å². The third-order valence-electron chi connectivity index (χ3n) is 4.47. The van der Waals surface area contributed by atoms with E-state index in [1.807, 2.05) is 40.7 Å². The van der Waals surface area contributed by atoms with Crippen LogP contribution in [0.3, 0.4) is 0 Å². The molecule has 6 heteroatoms. The number of allylic oxidation sites excluding steroid dienone is 5. The van der Waals surface area contributed by atoms with E-state index in [4.69, 9.17) is 23.7 Å². The molecule has 1 aromatic rings. The topological polar surface area (TPSA) is 81.1 Å². The number of carbonyl (C=O) groups excluding carboxylic acids is 1. The van der Waals surface area contributed by atoms with Crippen molar-refractivity contribution in [2.45, 2.75) is 101 Å². The molecule has 0 saturated carbocycles. The fraction of sp³-hybridized carbons (Fsp3) is 0.548. The average molecular weight is 538 g/mol. The monoisotopic (exact) mass is 537 g/mol. The van der Waals surface area contributed by atoms with Gasteiger partial charge in [0, 0.05) is 29.3 Å². The standard InChI is InChI=1S/C15H20N2S.C5H10.C4H9NO.C3H5F.2C2H6/c1-2-17-14-9-8-12(15(16)18)10-13(14)11-6-4-3-5-7-11;1-3-5-4-2;1-3(2)4(5)6;1-2-3-4;2*1-2/h6,8-10,17H,2-5,7H2,1H3,(H2,16,18);3,5H,4H2,1-2H3;3H,1-2H3,(H2,5,6);2-3H,1H3;2*1-2H3/b;5-3-;;3-2+;;. The number of carbonyl (C=O) groups is 1. The van der Waals surface area contributed by atoms with Crippen molar-refractivity contribution in [2.75, 3.05) is 11.9 Å². The predicted molar refractivity (Wildman–Crippen MR) is 171 cm³/mol. The fourth-order valence-corrected chi connectivity index (χ4v) is 2.75. The molecule has 0 fully saturated rings. The third-order valence-corrected chi connectivity index (χ3v) is 4.71. The van der Waals surface area contributed by atoms with E-state index in [-0.39, 0.29) is 11.8 Å². The summed E-state index contributed by atoms with van der Waals surface area (Å²) in [6.45, 7) is 20.3. The Balaban J connectivity index is -0.000000237. The van der Waals surface area contributed by atoms with Gasteiger partial charge < -0.3 is 16.8 Å². The number of anilines is 1. The van der Waals surface area contributed by atoms with Gasteiger partial charge in [0.25, 0.3) is 0 Å². The van der Waals surface area contributed by atoms with Crippen molar-refractivity contribution >= 4 is 34.4 Å². The predicted octanol–water partition coefficient (Wildman–Crippen LogP) is 9.35. The number of benzene rings is 1. The van der Waals surface area contributed by atoms with E-state index in [0.29, 0.717) is 11.3 Å². The van der Waals surface area contributed by atoms with Gasteiger partial charge in [-0.2, -0.15) is 0 Å². The Labute approximate surface area is 233 Å². The number of thiocarbonyl (C=S) groups is 1. The molecule has 1 aliphatic carbocycles. The van der Waals surface area contributed by atoms with Crippen molar-refractivity contribution < 1.29 is 9.18 Å². The van der Waals surface area contributed by atoms with Crippen molar-refractivity contribution in [3.05, 3.63) is 60.0 Å². The van der Waals surface area contributed by atoms with Crippen molar-refractivity contribution in [3.8, 4) is 0 Å². The van der Waals surface area contributed by atoms with Gasteiger partial charge in [0.05, 0.1) is 6.33 Å². The second-order valence-corrected chi connectivity index (χ2v) is 8.06. The van der Waals surface area contributed by atoms with Gasteiger partial charge in [-0.25, -0.2) is 4.39 Å². The molecular weight excluding hydrogens is 481 g/mol. The van der Waals surface area contributed by atoms with E-state index in [1.165, 1.54) is 42.2 Å². The van der Waals surface area contributed by atoms with Crippen LogP contribution in [0.1, 0.15) is 112 Å². The van der Waals surface area contributed by atoms with E-state index < -0.39 is 0 Å². The maximum Gasteiger partial charge on any atom is 0.219 e. The van der Waals surface area contributed by atoms with Crippen LogP contribution in [0.5, 0.6) is 0 Å². The van der Waals surface area contributed by atoms with Gasteiger partial charge in [-0.1, -0.05) is 85.0 Å². The molecule has 0 atom stereocenters. The molecular formula is C31H56FN3OS. The van der Waals surface area contributed by atoms with Gasteiger partial charge in [-0.15, -0.1) is 0 Å². The zero-order valence-corrected chi connectivity index (χ0v) is 26.1. The van der Waals surface area contributed by atoms with E-state index in [9.17, 15) is 9.18 Å². The maximum absolute atomic E-state index is 10.5. The Kier molecular flexibility index (Phi) is 35.5. The summed E-state index contributed by atoms with van der Waals surface area (Å²) >= 11 is 5.07. The molecule has 0 bridgehead atoms. The first-order chi connectivity index (χ1) is 17.7. The van der Waals surface area contributed by atoms with E-state index in [0.717, 1.165) is 24.9 Å². The summed E-state index contributed by atoms with van der Waals surface area (Å²) < 4.78 is 10.5. The molecule has 0 aromatic heterocycles. The second-order valence-electron chi connectivity index (χ2n) is 7.62. The molecule has 0 saturated heterocycles. The first kappa shape index (κ1) is 41.6. The lowest BCUT2D eigenvalue weighted by atomic mass is 9.91. The Hall–Kier alpha value is -2.47. The minimum absolute atomic E-state index is 0.00926. The molecule has 37 heavy (non-hydrogen) atoms.